The average Bonchev–Trinajstić information content (AvgIpc) is 2.86. The van der Waals surface area contributed by atoms with Crippen LogP contribution in [0.15, 0.2) is 22.8 Å². The van der Waals surface area contributed by atoms with E-state index in [2.05, 4.69) is 0 Å². The predicted molar refractivity (Wildman–Crippen MR) is 75.9 cm³/mol. The first-order valence-corrected chi connectivity index (χ1v) is 6.90. The standard InChI is InChI=1S/C15H25NO4/c1-10(13(16)14(18)20-15(2,3)4)7-8-11(17)12-6-5-9-19-12/h5-6,9-11,13,17H,7-8,16H2,1-4H3. The fraction of sp³-hybridized carbons (Fsp3) is 0.667. The lowest BCUT2D eigenvalue weighted by atomic mass is 9.95. The van der Waals surface area contributed by atoms with Crippen LogP contribution in [0.25, 0.3) is 0 Å². The third-order valence-electron chi connectivity index (χ3n) is 3.06. The number of rotatable bonds is 6. The smallest absolute Gasteiger partial charge is 0.323 e. The van der Waals surface area contributed by atoms with Crippen LogP contribution in [0.1, 0.15) is 52.4 Å². The fourth-order valence-electron chi connectivity index (χ4n) is 1.83. The second-order valence-electron chi connectivity index (χ2n) is 6.15. The Balaban J connectivity index is 2.42. The van der Waals surface area contributed by atoms with Gasteiger partial charge in [0, 0.05) is 0 Å². The van der Waals surface area contributed by atoms with E-state index in [4.69, 9.17) is 14.9 Å². The van der Waals surface area contributed by atoms with Crippen molar-refractivity contribution in [2.45, 2.75) is 58.3 Å². The molecule has 5 nitrogen and oxygen atoms in total. The first-order chi connectivity index (χ1) is 9.20. The van der Waals surface area contributed by atoms with Crippen LogP contribution in [0.5, 0.6) is 0 Å². The number of hydrogen-bond donors (Lipinski definition) is 2. The molecule has 0 saturated carbocycles. The topological polar surface area (TPSA) is 85.7 Å². The van der Waals surface area contributed by atoms with Gasteiger partial charge in [-0.1, -0.05) is 6.92 Å². The molecule has 20 heavy (non-hydrogen) atoms. The lowest BCUT2D eigenvalue weighted by Gasteiger charge is -2.25. The molecular weight excluding hydrogens is 258 g/mol. The van der Waals surface area contributed by atoms with Crippen molar-refractivity contribution in [3.05, 3.63) is 24.2 Å². The van der Waals surface area contributed by atoms with Gasteiger partial charge < -0.3 is 20.0 Å². The molecule has 1 rings (SSSR count). The lowest BCUT2D eigenvalue weighted by molar-refractivity contribution is -0.157. The Morgan fingerprint density at radius 3 is 2.60 bits per heavy atom. The summed E-state index contributed by atoms with van der Waals surface area (Å²) in [5.74, 6) is 0.0509. The van der Waals surface area contributed by atoms with Gasteiger partial charge in [0.25, 0.3) is 0 Å². The number of hydrogen-bond acceptors (Lipinski definition) is 5. The van der Waals surface area contributed by atoms with Gasteiger partial charge in [0.1, 0.15) is 23.5 Å². The van der Waals surface area contributed by atoms with E-state index in [1.807, 2.05) is 27.7 Å². The Morgan fingerprint density at radius 2 is 2.10 bits per heavy atom. The number of esters is 1. The molecule has 0 amide bonds. The minimum atomic E-state index is -0.682. The van der Waals surface area contributed by atoms with Crippen LogP contribution in [0, 0.1) is 5.92 Å². The maximum atomic E-state index is 11.8. The molecule has 0 bridgehead atoms. The number of ether oxygens (including phenoxy) is 1. The van der Waals surface area contributed by atoms with Crippen molar-refractivity contribution in [1.82, 2.24) is 0 Å². The van der Waals surface area contributed by atoms with Gasteiger partial charge in [-0.3, -0.25) is 4.79 Å². The number of nitrogens with two attached hydrogens (primary N) is 1. The van der Waals surface area contributed by atoms with Crippen LogP contribution in [0.3, 0.4) is 0 Å². The summed E-state index contributed by atoms with van der Waals surface area (Å²) in [4.78, 5) is 11.8. The molecule has 0 aliphatic rings. The molecule has 1 aromatic heterocycles. The molecule has 0 aliphatic carbocycles. The number of aliphatic hydroxyl groups excluding tert-OH is 1. The van der Waals surface area contributed by atoms with Crippen molar-refractivity contribution in [3.63, 3.8) is 0 Å². The molecule has 5 heteroatoms. The predicted octanol–water partition coefficient (Wildman–Crippen LogP) is 2.40. The molecule has 0 aromatic carbocycles. The van der Waals surface area contributed by atoms with E-state index >= 15 is 0 Å². The molecule has 0 spiro atoms. The first kappa shape index (κ1) is 16.7. The highest BCUT2D eigenvalue weighted by molar-refractivity contribution is 5.76. The molecule has 0 aliphatic heterocycles. The molecular formula is C15H25NO4. The van der Waals surface area contributed by atoms with Crippen LogP contribution in [-0.2, 0) is 9.53 Å². The van der Waals surface area contributed by atoms with E-state index in [1.54, 1.807) is 12.1 Å². The van der Waals surface area contributed by atoms with Gasteiger partial charge in [-0.05, 0) is 51.7 Å². The maximum Gasteiger partial charge on any atom is 0.323 e. The second kappa shape index (κ2) is 6.90. The molecule has 114 valence electrons. The molecule has 0 fully saturated rings. The highest BCUT2D eigenvalue weighted by atomic mass is 16.6. The summed E-state index contributed by atoms with van der Waals surface area (Å²) in [5, 5.41) is 9.91. The third kappa shape index (κ3) is 5.35. The quantitative estimate of drug-likeness (QED) is 0.783. The Hall–Kier alpha value is -1.33. The van der Waals surface area contributed by atoms with E-state index in [-0.39, 0.29) is 5.92 Å². The Bertz CT molecular complexity index is 408. The zero-order valence-corrected chi connectivity index (χ0v) is 12.6. The van der Waals surface area contributed by atoms with Gasteiger partial charge >= 0.3 is 5.97 Å². The molecule has 3 N–H and O–H groups in total. The second-order valence-corrected chi connectivity index (χ2v) is 6.15. The van der Waals surface area contributed by atoms with Crippen molar-refractivity contribution in [1.29, 1.82) is 0 Å². The van der Waals surface area contributed by atoms with Gasteiger partial charge in [-0.15, -0.1) is 0 Å². The van der Waals surface area contributed by atoms with Crippen LogP contribution < -0.4 is 5.73 Å². The zero-order chi connectivity index (χ0) is 15.3. The maximum absolute atomic E-state index is 11.8. The Morgan fingerprint density at radius 1 is 1.45 bits per heavy atom. The van der Waals surface area contributed by atoms with Crippen molar-refractivity contribution in [3.8, 4) is 0 Å². The van der Waals surface area contributed by atoms with Crippen LogP contribution >= 0.6 is 0 Å². The average molecular weight is 283 g/mol. The van der Waals surface area contributed by atoms with E-state index < -0.39 is 23.7 Å². The molecule has 0 radical (unpaired) electrons. The Kier molecular flexibility index (Phi) is 5.77. The molecule has 3 atom stereocenters. The summed E-state index contributed by atoms with van der Waals surface area (Å²) in [5.41, 5.74) is 5.35. The first-order valence-electron chi connectivity index (χ1n) is 6.90. The number of furan rings is 1. The van der Waals surface area contributed by atoms with E-state index in [0.717, 1.165) is 0 Å². The van der Waals surface area contributed by atoms with E-state index in [0.29, 0.717) is 18.6 Å². The van der Waals surface area contributed by atoms with Crippen molar-refractivity contribution < 1.29 is 19.1 Å². The summed E-state index contributed by atoms with van der Waals surface area (Å²) in [6, 6.07) is 2.77. The minimum Gasteiger partial charge on any atom is -0.467 e. The number of aliphatic hydroxyl groups is 1. The summed E-state index contributed by atoms with van der Waals surface area (Å²) in [6.07, 6.45) is 1.96. The minimum absolute atomic E-state index is 0.0746. The van der Waals surface area contributed by atoms with Crippen molar-refractivity contribution >= 4 is 5.97 Å². The van der Waals surface area contributed by atoms with Gasteiger partial charge in [0.2, 0.25) is 0 Å². The van der Waals surface area contributed by atoms with E-state index in [9.17, 15) is 9.90 Å². The monoisotopic (exact) mass is 283 g/mol. The third-order valence-corrected chi connectivity index (χ3v) is 3.06. The van der Waals surface area contributed by atoms with Gasteiger partial charge in [-0.2, -0.15) is 0 Å². The van der Waals surface area contributed by atoms with Gasteiger partial charge in [0.05, 0.1) is 6.26 Å². The van der Waals surface area contributed by atoms with Gasteiger partial charge in [0.15, 0.2) is 0 Å². The molecule has 1 aromatic rings. The highest BCUT2D eigenvalue weighted by Gasteiger charge is 2.27. The molecule has 1 heterocycles. The SMILES string of the molecule is CC(CCC(O)c1ccco1)C(N)C(=O)OC(C)(C)C. The van der Waals surface area contributed by atoms with Crippen molar-refractivity contribution in [2.24, 2.45) is 11.7 Å². The highest BCUT2D eigenvalue weighted by Crippen LogP contribution is 2.23. The van der Waals surface area contributed by atoms with Crippen LogP contribution in [0.4, 0.5) is 0 Å². The lowest BCUT2D eigenvalue weighted by Crippen LogP contribution is -2.41. The largest absolute Gasteiger partial charge is 0.467 e. The van der Waals surface area contributed by atoms with Gasteiger partial charge in [-0.25, -0.2) is 0 Å². The number of carbonyl (C=O) groups excluding carboxylic acids is 1. The zero-order valence-electron chi connectivity index (χ0n) is 12.6. The number of carbonyl (C=O) groups is 1. The molecule has 0 saturated heterocycles. The van der Waals surface area contributed by atoms with E-state index in [1.165, 1.54) is 6.26 Å². The van der Waals surface area contributed by atoms with Crippen LogP contribution in [0.2, 0.25) is 0 Å². The summed E-state index contributed by atoms with van der Waals surface area (Å²) in [6.45, 7) is 7.30. The summed E-state index contributed by atoms with van der Waals surface area (Å²) >= 11 is 0. The summed E-state index contributed by atoms with van der Waals surface area (Å²) < 4.78 is 10.4. The Labute approximate surface area is 120 Å². The fourth-order valence-corrected chi connectivity index (χ4v) is 1.83. The van der Waals surface area contributed by atoms with Crippen LogP contribution in [-0.4, -0.2) is 22.7 Å². The normalized spacial score (nSPS) is 16.5. The van der Waals surface area contributed by atoms with Crippen molar-refractivity contribution in [2.75, 3.05) is 0 Å². The molecule has 3 unspecified atom stereocenters. The summed E-state index contributed by atoms with van der Waals surface area (Å²) in [7, 11) is 0.